The van der Waals surface area contributed by atoms with Crippen LogP contribution in [-0.2, 0) is 11.4 Å². The summed E-state index contributed by atoms with van der Waals surface area (Å²) in [6, 6.07) is 18.3. The molecule has 1 heterocycles. The number of benzene rings is 3. The van der Waals surface area contributed by atoms with E-state index in [-0.39, 0.29) is 17.9 Å². The maximum absolute atomic E-state index is 12.6. The molecule has 0 N–H and O–H groups in total. The molecule has 4 nitrogen and oxygen atoms in total. The highest BCUT2D eigenvalue weighted by molar-refractivity contribution is 8.00. The molecule has 32 heavy (non-hydrogen) atoms. The van der Waals surface area contributed by atoms with Crippen LogP contribution in [0.25, 0.3) is 0 Å². The van der Waals surface area contributed by atoms with Crippen molar-refractivity contribution in [2.75, 3.05) is 17.3 Å². The largest absolute Gasteiger partial charge is 0.490 e. The second-order valence-corrected chi connectivity index (χ2v) is 9.42. The third kappa shape index (κ3) is 5.12. The first-order valence-electron chi connectivity index (χ1n) is 9.99. The Labute approximate surface area is 206 Å². The zero-order valence-corrected chi connectivity index (χ0v) is 20.3. The van der Waals surface area contributed by atoms with Gasteiger partial charge in [0.2, 0.25) is 5.91 Å². The van der Waals surface area contributed by atoms with Gasteiger partial charge in [0.05, 0.1) is 12.4 Å². The van der Waals surface area contributed by atoms with Crippen LogP contribution in [0.15, 0.2) is 60.7 Å². The Kier molecular flexibility index (Phi) is 7.41. The summed E-state index contributed by atoms with van der Waals surface area (Å²) >= 11 is 19.8. The van der Waals surface area contributed by atoms with Crippen molar-refractivity contribution in [3.63, 3.8) is 0 Å². The van der Waals surface area contributed by atoms with Crippen LogP contribution in [0.2, 0.25) is 15.1 Å². The summed E-state index contributed by atoms with van der Waals surface area (Å²) in [5, 5.41) is 1.59. The van der Waals surface area contributed by atoms with Crippen LogP contribution in [0.3, 0.4) is 0 Å². The van der Waals surface area contributed by atoms with E-state index in [9.17, 15) is 4.79 Å². The Morgan fingerprint density at radius 1 is 0.938 bits per heavy atom. The maximum atomic E-state index is 12.6. The normalized spacial score (nSPS) is 15.8. The number of rotatable bonds is 7. The maximum Gasteiger partial charge on any atom is 0.238 e. The fourth-order valence-corrected chi connectivity index (χ4v) is 5.17. The van der Waals surface area contributed by atoms with Crippen molar-refractivity contribution in [3.05, 3.63) is 86.9 Å². The van der Waals surface area contributed by atoms with E-state index in [1.807, 2.05) is 43.3 Å². The average Bonchev–Trinajstić information content (AvgIpc) is 3.16. The Morgan fingerprint density at radius 2 is 1.69 bits per heavy atom. The van der Waals surface area contributed by atoms with E-state index >= 15 is 0 Å². The molecule has 1 amide bonds. The van der Waals surface area contributed by atoms with Gasteiger partial charge in [-0.25, -0.2) is 0 Å². The lowest BCUT2D eigenvalue weighted by molar-refractivity contribution is -0.115. The van der Waals surface area contributed by atoms with Gasteiger partial charge in [0, 0.05) is 26.3 Å². The van der Waals surface area contributed by atoms with Crippen molar-refractivity contribution in [1.29, 1.82) is 0 Å². The van der Waals surface area contributed by atoms with Gasteiger partial charge < -0.3 is 9.47 Å². The third-order valence-electron chi connectivity index (χ3n) is 4.92. The molecule has 166 valence electrons. The molecule has 0 saturated carbocycles. The summed E-state index contributed by atoms with van der Waals surface area (Å²) in [6.07, 6.45) is 0. The number of hydrogen-bond donors (Lipinski definition) is 0. The molecule has 0 bridgehead atoms. The minimum absolute atomic E-state index is 0.0537. The predicted molar refractivity (Wildman–Crippen MR) is 133 cm³/mol. The topological polar surface area (TPSA) is 38.8 Å². The molecule has 1 fully saturated rings. The van der Waals surface area contributed by atoms with Crippen LogP contribution in [0.5, 0.6) is 11.5 Å². The minimum Gasteiger partial charge on any atom is -0.490 e. The highest BCUT2D eigenvalue weighted by Gasteiger charge is 2.34. The molecule has 0 unspecified atom stereocenters. The number of amides is 1. The summed E-state index contributed by atoms with van der Waals surface area (Å²) in [6.45, 7) is 2.68. The van der Waals surface area contributed by atoms with E-state index < -0.39 is 0 Å². The molecule has 0 spiro atoms. The number of anilines is 1. The van der Waals surface area contributed by atoms with Crippen LogP contribution >= 0.6 is 46.6 Å². The number of carbonyl (C=O) groups is 1. The van der Waals surface area contributed by atoms with Crippen LogP contribution in [0, 0.1) is 0 Å². The molecule has 0 aliphatic carbocycles. The molecule has 8 heteroatoms. The predicted octanol–water partition coefficient (Wildman–Crippen LogP) is 7.40. The first kappa shape index (κ1) is 23.1. The highest BCUT2D eigenvalue weighted by atomic mass is 35.5. The zero-order valence-electron chi connectivity index (χ0n) is 17.2. The van der Waals surface area contributed by atoms with Crippen LogP contribution in [0.1, 0.15) is 23.4 Å². The van der Waals surface area contributed by atoms with E-state index in [0.717, 1.165) is 16.8 Å². The lowest BCUT2D eigenvalue weighted by Gasteiger charge is -2.25. The lowest BCUT2D eigenvalue weighted by atomic mass is 10.1. The van der Waals surface area contributed by atoms with Crippen molar-refractivity contribution in [2.24, 2.45) is 0 Å². The van der Waals surface area contributed by atoms with Crippen LogP contribution < -0.4 is 14.4 Å². The number of ether oxygens (including phenoxy) is 2. The number of nitrogens with zero attached hydrogens (tertiary/aromatic N) is 1. The second kappa shape index (κ2) is 10.3. The van der Waals surface area contributed by atoms with Gasteiger partial charge >= 0.3 is 0 Å². The molecule has 1 aliphatic heterocycles. The Morgan fingerprint density at radius 3 is 2.41 bits per heavy atom. The molecule has 3 aromatic rings. The first-order chi connectivity index (χ1) is 15.5. The van der Waals surface area contributed by atoms with Gasteiger partial charge in [-0.05, 0) is 61.0 Å². The van der Waals surface area contributed by atoms with Gasteiger partial charge in [-0.2, -0.15) is 0 Å². The van der Waals surface area contributed by atoms with Gasteiger partial charge in [0.15, 0.2) is 11.5 Å². The SMILES string of the molecule is CCOc1cc([C@H]2SCC(=O)N2c2ccc(Cl)cc2)ccc1OCc1ccc(Cl)cc1Cl. The van der Waals surface area contributed by atoms with Crippen LogP contribution in [-0.4, -0.2) is 18.3 Å². The van der Waals surface area contributed by atoms with E-state index in [0.29, 0.717) is 38.9 Å². The molecule has 1 aliphatic rings. The molecule has 4 rings (SSSR count). The van der Waals surface area contributed by atoms with Crippen molar-refractivity contribution in [3.8, 4) is 11.5 Å². The lowest BCUT2D eigenvalue weighted by Crippen LogP contribution is -2.27. The molecule has 1 saturated heterocycles. The van der Waals surface area contributed by atoms with Gasteiger partial charge in [-0.3, -0.25) is 9.69 Å². The van der Waals surface area contributed by atoms with E-state index in [2.05, 4.69) is 0 Å². The smallest absolute Gasteiger partial charge is 0.238 e. The molecule has 3 aromatic carbocycles. The summed E-state index contributed by atoms with van der Waals surface area (Å²) < 4.78 is 11.9. The Bertz CT molecular complexity index is 1120. The fourth-order valence-electron chi connectivity index (χ4n) is 3.41. The molecule has 1 atom stereocenters. The van der Waals surface area contributed by atoms with Gasteiger partial charge in [-0.15, -0.1) is 11.8 Å². The molecule has 0 radical (unpaired) electrons. The molecular formula is C24H20Cl3NO3S. The zero-order chi connectivity index (χ0) is 22.7. The number of hydrogen-bond acceptors (Lipinski definition) is 4. The van der Waals surface area contributed by atoms with Gasteiger partial charge in [0.1, 0.15) is 12.0 Å². The minimum atomic E-state index is -0.164. The first-order valence-corrected chi connectivity index (χ1v) is 12.2. The number of halogens is 3. The summed E-state index contributed by atoms with van der Waals surface area (Å²) in [5.74, 6) is 1.68. The van der Waals surface area contributed by atoms with E-state index in [1.54, 1.807) is 40.9 Å². The number of carbonyl (C=O) groups excluding carboxylic acids is 1. The molecular weight excluding hydrogens is 489 g/mol. The van der Waals surface area contributed by atoms with Gasteiger partial charge in [-0.1, -0.05) is 46.9 Å². The average molecular weight is 509 g/mol. The van der Waals surface area contributed by atoms with E-state index in [4.69, 9.17) is 44.3 Å². The quantitative estimate of drug-likeness (QED) is 0.333. The fraction of sp³-hybridized carbons (Fsp3) is 0.208. The summed E-state index contributed by atoms with van der Waals surface area (Å²) in [4.78, 5) is 14.4. The number of thioether (sulfide) groups is 1. The van der Waals surface area contributed by atoms with Crippen molar-refractivity contribution in [1.82, 2.24) is 0 Å². The third-order valence-corrected chi connectivity index (χ3v) is 6.97. The highest BCUT2D eigenvalue weighted by Crippen LogP contribution is 2.44. The van der Waals surface area contributed by atoms with Crippen molar-refractivity contribution < 1.29 is 14.3 Å². The molecule has 0 aromatic heterocycles. The summed E-state index contributed by atoms with van der Waals surface area (Å²) in [7, 11) is 0. The van der Waals surface area contributed by atoms with Crippen LogP contribution in [0.4, 0.5) is 5.69 Å². The van der Waals surface area contributed by atoms with Crippen molar-refractivity contribution >= 4 is 58.2 Å². The summed E-state index contributed by atoms with van der Waals surface area (Å²) in [5.41, 5.74) is 2.59. The second-order valence-electron chi connectivity index (χ2n) is 7.07. The Balaban J connectivity index is 1.59. The monoisotopic (exact) mass is 507 g/mol. The Hall–Kier alpha value is -2.05. The van der Waals surface area contributed by atoms with E-state index in [1.165, 1.54) is 0 Å². The van der Waals surface area contributed by atoms with Gasteiger partial charge in [0.25, 0.3) is 0 Å². The standard InChI is InChI=1S/C24H20Cl3NO3S/c1-2-30-22-11-15(4-10-21(22)31-13-16-3-5-18(26)12-20(16)27)24-28(23(29)14-32-24)19-8-6-17(25)7-9-19/h3-12,24H,2,13-14H2,1H3/t24-/m1/s1. The van der Waals surface area contributed by atoms with Crippen molar-refractivity contribution in [2.45, 2.75) is 18.9 Å².